The number of nitrogens with two attached hydrogens (primary N) is 1. The number of aliphatic hydroxyl groups is 1. The molecule has 3 N–H and O–H groups in total. The topological polar surface area (TPSA) is 52.7 Å². The lowest BCUT2D eigenvalue weighted by Gasteiger charge is -2.30. The Hall–Kier alpha value is -0.620. The number of halogens is 1. The van der Waals surface area contributed by atoms with Crippen molar-refractivity contribution in [3.8, 4) is 0 Å². The van der Waals surface area contributed by atoms with Crippen molar-refractivity contribution in [3.05, 3.63) is 28.2 Å². The summed E-state index contributed by atoms with van der Waals surface area (Å²) in [5.74, 6) is 0. The lowest BCUT2D eigenvalue weighted by molar-refractivity contribution is 0.191. The highest BCUT2D eigenvalue weighted by Crippen LogP contribution is 2.31. The van der Waals surface area contributed by atoms with Crippen molar-refractivity contribution in [2.75, 3.05) is 32.1 Å². The van der Waals surface area contributed by atoms with Crippen molar-refractivity contribution >= 4 is 21.6 Å². The van der Waals surface area contributed by atoms with Crippen LogP contribution in [0, 0.1) is 0 Å². The average Bonchev–Trinajstić information content (AvgIpc) is 2.69. The van der Waals surface area contributed by atoms with Gasteiger partial charge < -0.3 is 20.6 Å². The van der Waals surface area contributed by atoms with Gasteiger partial charge in [-0.2, -0.15) is 0 Å². The summed E-state index contributed by atoms with van der Waals surface area (Å²) in [5.41, 5.74) is 8.10. The maximum absolute atomic E-state index is 9.97. The summed E-state index contributed by atoms with van der Waals surface area (Å²) in [5, 5.41) is 9.97. The van der Waals surface area contributed by atoms with Gasteiger partial charge in [0.25, 0.3) is 0 Å². The van der Waals surface area contributed by atoms with Crippen LogP contribution >= 0.6 is 15.9 Å². The van der Waals surface area contributed by atoms with E-state index >= 15 is 0 Å². The molecule has 4 nitrogen and oxygen atoms in total. The zero-order valence-electron chi connectivity index (χ0n) is 11.5. The van der Waals surface area contributed by atoms with Crippen molar-refractivity contribution in [1.82, 2.24) is 4.90 Å². The average molecular weight is 328 g/mol. The first-order chi connectivity index (χ1) is 9.01. The van der Waals surface area contributed by atoms with Crippen LogP contribution in [0.3, 0.4) is 0 Å². The van der Waals surface area contributed by atoms with Crippen molar-refractivity contribution in [3.63, 3.8) is 0 Å². The number of β-amino-alcohol motifs (C(OH)–C–C–N with tert-alkyl or cyclic N) is 1. The van der Waals surface area contributed by atoms with E-state index in [-0.39, 0.29) is 6.10 Å². The highest BCUT2D eigenvalue weighted by molar-refractivity contribution is 9.10. The molecule has 19 heavy (non-hydrogen) atoms. The van der Waals surface area contributed by atoms with E-state index < -0.39 is 0 Å². The van der Waals surface area contributed by atoms with Gasteiger partial charge >= 0.3 is 0 Å². The van der Waals surface area contributed by atoms with Gasteiger partial charge in [-0.3, -0.25) is 0 Å². The predicted octanol–water partition coefficient (Wildman–Crippen LogP) is 1.41. The van der Waals surface area contributed by atoms with Gasteiger partial charge in [0.2, 0.25) is 0 Å². The number of anilines is 1. The molecule has 0 saturated carbocycles. The van der Waals surface area contributed by atoms with Crippen molar-refractivity contribution in [2.24, 2.45) is 5.73 Å². The molecule has 2 unspecified atom stereocenters. The molecule has 0 spiro atoms. The summed E-state index contributed by atoms with van der Waals surface area (Å²) in [6, 6.07) is 6.50. The van der Waals surface area contributed by atoms with Crippen LogP contribution in [0.1, 0.15) is 12.0 Å². The van der Waals surface area contributed by atoms with Gasteiger partial charge in [0.15, 0.2) is 0 Å². The van der Waals surface area contributed by atoms with Crippen LogP contribution in [-0.2, 0) is 6.54 Å². The Kier molecular flexibility index (Phi) is 4.84. The van der Waals surface area contributed by atoms with E-state index in [2.05, 4.69) is 52.0 Å². The second kappa shape index (κ2) is 6.22. The van der Waals surface area contributed by atoms with Crippen molar-refractivity contribution in [2.45, 2.75) is 25.1 Å². The first-order valence-electron chi connectivity index (χ1n) is 6.59. The molecule has 5 heteroatoms. The van der Waals surface area contributed by atoms with Crippen LogP contribution in [0.4, 0.5) is 5.69 Å². The summed E-state index contributed by atoms with van der Waals surface area (Å²) in [6.45, 7) is 2.14. The van der Waals surface area contributed by atoms with E-state index in [0.717, 1.165) is 28.7 Å². The lowest BCUT2D eigenvalue weighted by atomic mass is 10.1. The summed E-state index contributed by atoms with van der Waals surface area (Å²) < 4.78 is 1.05. The number of hydrogen-bond donors (Lipinski definition) is 2. The molecule has 0 bridgehead atoms. The fourth-order valence-electron chi connectivity index (χ4n) is 2.76. The van der Waals surface area contributed by atoms with E-state index in [1.54, 1.807) is 0 Å². The number of hydrogen-bond acceptors (Lipinski definition) is 4. The van der Waals surface area contributed by atoms with Crippen LogP contribution < -0.4 is 10.6 Å². The van der Waals surface area contributed by atoms with Gasteiger partial charge in [0, 0.05) is 35.8 Å². The van der Waals surface area contributed by atoms with Gasteiger partial charge in [0.05, 0.1) is 6.10 Å². The molecule has 1 saturated heterocycles. The summed E-state index contributed by atoms with van der Waals surface area (Å²) >= 11 is 3.52. The van der Waals surface area contributed by atoms with Crippen LogP contribution in [0.2, 0.25) is 0 Å². The number of benzene rings is 1. The summed E-state index contributed by atoms with van der Waals surface area (Å²) in [7, 11) is 4.13. The maximum atomic E-state index is 9.97. The Bertz CT molecular complexity index is 439. The Morgan fingerprint density at radius 1 is 1.47 bits per heavy atom. The SMILES string of the molecule is CN(C)CC1CC(O)CN1c1cc(Br)ccc1CN. The number of nitrogens with zero attached hydrogens (tertiary/aromatic N) is 2. The standard InChI is InChI=1S/C14H22BrN3O/c1-17(2)8-12-6-13(19)9-18(12)14-5-11(15)4-3-10(14)7-16/h3-5,12-13,19H,6-9,16H2,1-2H3. The molecule has 1 fully saturated rings. The largest absolute Gasteiger partial charge is 0.391 e. The number of rotatable bonds is 4. The highest BCUT2D eigenvalue weighted by Gasteiger charge is 2.32. The minimum Gasteiger partial charge on any atom is -0.391 e. The molecular weight excluding hydrogens is 306 g/mol. The van der Waals surface area contributed by atoms with E-state index in [0.29, 0.717) is 19.1 Å². The smallest absolute Gasteiger partial charge is 0.0735 e. The monoisotopic (exact) mass is 327 g/mol. The summed E-state index contributed by atoms with van der Waals surface area (Å²) in [6.07, 6.45) is 0.559. The van der Waals surface area contributed by atoms with Crippen LogP contribution in [-0.4, -0.2) is 49.3 Å². The third kappa shape index (κ3) is 3.48. The van der Waals surface area contributed by atoms with E-state index in [1.165, 1.54) is 0 Å². The quantitative estimate of drug-likeness (QED) is 0.878. The van der Waals surface area contributed by atoms with Crippen LogP contribution in [0.5, 0.6) is 0 Å². The first-order valence-corrected chi connectivity index (χ1v) is 7.38. The Morgan fingerprint density at radius 2 is 2.21 bits per heavy atom. The molecule has 0 radical (unpaired) electrons. The molecule has 0 aliphatic carbocycles. The van der Waals surface area contributed by atoms with Crippen LogP contribution in [0.25, 0.3) is 0 Å². The number of likely N-dealkylation sites (N-methyl/N-ethyl adjacent to an activating group) is 1. The first kappa shape index (κ1) is 14.8. The molecular formula is C14H22BrN3O. The van der Waals surface area contributed by atoms with E-state index in [4.69, 9.17) is 5.73 Å². The predicted molar refractivity (Wildman–Crippen MR) is 82.3 cm³/mol. The zero-order chi connectivity index (χ0) is 14.0. The van der Waals surface area contributed by atoms with E-state index in [1.807, 2.05) is 6.07 Å². The Morgan fingerprint density at radius 3 is 2.84 bits per heavy atom. The fraction of sp³-hybridized carbons (Fsp3) is 0.571. The third-order valence-electron chi connectivity index (χ3n) is 3.54. The van der Waals surface area contributed by atoms with Gasteiger partial charge in [-0.25, -0.2) is 0 Å². The van der Waals surface area contributed by atoms with Crippen LogP contribution in [0.15, 0.2) is 22.7 Å². The zero-order valence-corrected chi connectivity index (χ0v) is 13.1. The molecule has 0 amide bonds. The van der Waals surface area contributed by atoms with Gasteiger partial charge in [-0.15, -0.1) is 0 Å². The van der Waals surface area contributed by atoms with Crippen molar-refractivity contribution < 1.29 is 5.11 Å². The van der Waals surface area contributed by atoms with Crippen molar-refractivity contribution in [1.29, 1.82) is 0 Å². The van der Waals surface area contributed by atoms with Gasteiger partial charge in [0.1, 0.15) is 0 Å². The molecule has 1 heterocycles. The molecule has 2 atom stereocenters. The minimum absolute atomic E-state index is 0.255. The normalized spacial score (nSPS) is 23.4. The van der Waals surface area contributed by atoms with Gasteiger partial charge in [-0.1, -0.05) is 22.0 Å². The molecule has 2 rings (SSSR count). The highest BCUT2D eigenvalue weighted by atomic mass is 79.9. The molecule has 1 aromatic carbocycles. The molecule has 1 aromatic rings. The Balaban J connectivity index is 2.30. The molecule has 1 aliphatic rings. The third-order valence-corrected chi connectivity index (χ3v) is 4.04. The fourth-order valence-corrected chi connectivity index (χ4v) is 3.11. The second-order valence-electron chi connectivity index (χ2n) is 5.44. The second-order valence-corrected chi connectivity index (χ2v) is 6.35. The lowest BCUT2D eigenvalue weighted by Crippen LogP contribution is -2.38. The molecule has 0 aromatic heterocycles. The molecule has 106 valence electrons. The molecule has 1 aliphatic heterocycles. The van der Waals surface area contributed by atoms with E-state index in [9.17, 15) is 5.11 Å². The minimum atomic E-state index is -0.255. The summed E-state index contributed by atoms with van der Waals surface area (Å²) in [4.78, 5) is 4.45. The Labute approximate surface area is 123 Å². The number of aliphatic hydroxyl groups excluding tert-OH is 1. The van der Waals surface area contributed by atoms with Gasteiger partial charge in [-0.05, 0) is 38.2 Å². The maximum Gasteiger partial charge on any atom is 0.0735 e.